The molecule has 2 N–H and O–H groups in total. The molecule has 1 aromatic heterocycles. The number of benzene rings is 3. The molecule has 1 atom stereocenters. The molecule has 212 valence electrons. The second-order valence-electron chi connectivity index (χ2n) is 12.1. The van der Waals surface area contributed by atoms with Crippen molar-refractivity contribution in [2.24, 2.45) is 5.92 Å². The number of carbonyl (C=O) groups excluding carboxylic acids is 1. The second kappa shape index (κ2) is 12.1. The van der Waals surface area contributed by atoms with Crippen LogP contribution in [0.25, 0.3) is 10.8 Å². The Balaban J connectivity index is 1.42. The third-order valence-corrected chi connectivity index (χ3v) is 7.91. The van der Waals surface area contributed by atoms with Gasteiger partial charge in [0, 0.05) is 17.5 Å². The van der Waals surface area contributed by atoms with Gasteiger partial charge in [0.2, 0.25) is 0 Å². The Bertz CT molecular complexity index is 1520. The van der Waals surface area contributed by atoms with E-state index in [0.717, 1.165) is 47.0 Å². The summed E-state index contributed by atoms with van der Waals surface area (Å²) in [5.41, 5.74) is 3.23. The van der Waals surface area contributed by atoms with Crippen molar-refractivity contribution >= 4 is 22.6 Å². The smallest absolute Gasteiger partial charge is 0.326 e. The summed E-state index contributed by atoms with van der Waals surface area (Å²) in [7, 11) is 0. The highest BCUT2D eigenvalue weighted by molar-refractivity contribution is 5.99. The molecule has 0 radical (unpaired) electrons. The molecule has 3 aromatic carbocycles. The molecule has 5 rings (SSSR count). The van der Waals surface area contributed by atoms with Gasteiger partial charge in [0.15, 0.2) is 0 Å². The van der Waals surface area contributed by atoms with Crippen molar-refractivity contribution in [3.8, 4) is 11.5 Å². The topological polar surface area (TPSA) is 88.5 Å². The van der Waals surface area contributed by atoms with E-state index in [4.69, 9.17) is 9.72 Å². The van der Waals surface area contributed by atoms with Gasteiger partial charge >= 0.3 is 5.97 Å². The SMILES string of the molecule is CC(C)(C)c1ccc(Oc2ccc3cc(C(=O)N[C@H](Cc4ccccc4)C(=O)O)nc(CC4CCCC4)c3c2)cc1. The maximum atomic E-state index is 13.3. The maximum absolute atomic E-state index is 13.3. The number of pyridine rings is 1. The van der Waals surface area contributed by atoms with E-state index in [1.807, 2.05) is 60.7 Å². The second-order valence-corrected chi connectivity index (χ2v) is 12.1. The summed E-state index contributed by atoms with van der Waals surface area (Å²) in [6.45, 7) is 6.56. The van der Waals surface area contributed by atoms with Gasteiger partial charge in [0.1, 0.15) is 23.2 Å². The van der Waals surface area contributed by atoms with Crippen LogP contribution >= 0.6 is 0 Å². The molecular formula is C35H38N2O4. The number of carboxylic acids is 1. The Morgan fingerprint density at radius 3 is 2.29 bits per heavy atom. The van der Waals surface area contributed by atoms with Gasteiger partial charge in [-0.2, -0.15) is 0 Å². The number of hydrogen-bond acceptors (Lipinski definition) is 4. The Labute approximate surface area is 241 Å². The van der Waals surface area contributed by atoms with Crippen LogP contribution in [0.4, 0.5) is 0 Å². The minimum Gasteiger partial charge on any atom is -0.480 e. The van der Waals surface area contributed by atoms with Gasteiger partial charge in [0.25, 0.3) is 5.91 Å². The Morgan fingerprint density at radius 2 is 1.63 bits per heavy atom. The third kappa shape index (κ3) is 7.12. The lowest BCUT2D eigenvalue weighted by molar-refractivity contribution is -0.139. The zero-order chi connectivity index (χ0) is 29.0. The molecule has 0 unspecified atom stereocenters. The predicted molar refractivity (Wildman–Crippen MR) is 162 cm³/mol. The van der Waals surface area contributed by atoms with Crippen LogP contribution in [0.15, 0.2) is 78.9 Å². The van der Waals surface area contributed by atoms with Crippen molar-refractivity contribution in [2.45, 2.75) is 70.8 Å². The molecule has 1 fully saturated rings. The third-order valence-electron chi connectivity index (χ3n) is 7.91. The van der Waals surface area contributed by atoms with Crippen LogP contribution in [0.5, 0.6) is 11.5 Å². The average Bonchev–Trinajstić information content (AvgIpc) is 3.46. The molecule has 1 saturated carbocycles. The van der Waals surface area contributed by atoms with Gasteiger partial charge in [0.05, 0.1) is 0 Å². The first-order chi connectivity index (χ1) is 19.7. The van der Waals surface area contributed by atoms with Gasteiger partial charge in [-0.25, -0.2) is 9.78 Å². The molecule has 6 nitrogen and oxygen atoms in total. The van der Waals surface area contributed by atoms with Gasteiger partial charge in [-0.1, -0.05) is 95.0 Å². The highest BCUT2D eigenvalue weighted by Crippen LogP contribution is 2.33. The fourth-order valence-corrected chi connectivity index (χ4v) is 5.56. The number of aromatic nitrogens is 1. The first kappa shape index (κ1) is 28.3. The lowest BCUT2D eigenvalue weighted by atomic mass is 9.87. The molecule has 1 aliphatic carbocycles. The Hall–Kier alpha value is -4.19. The minimum atomic E-state index is -1.08. The zero-order valence-corrected chi connectivity index (χ0v) is 24.0. The molecule has 4 aromatic rings. The average molecular weight is 551 g/mol. The monoisotopic (exact) mass is 550 g/mol. The Morgan fingerprint density at radius 1 is 0.951 bits per heavy atom. The van der Waals surface area contributed by atoms with E-state index < -0.39 is 17.9 Å². The van der Waals surface area contributed by atoms with Crippen LogP contribution in [0.3, 0.4) is 0 Å². The van der Waals surface area contributed by atoms with Crippen LogP contribution in [-0.2, 0) is 23.1 Å². The van der Waals surface area contributed by atoms with Crippen molar-refractivity contribution in [1.29, 1.82) is 0 Å². The van der Waals surface area contributed by atoms with Crippen molar-refractivity contribution in [1.82, 2.24) is 10.3 Å². The molecule has 0 saturated heterocycles. The summed E-state index contributed by atoms with van der Waals surface area (Å²) >= 11 is 0. The van der Waals surface area contributed by atoms with Crippen LogP contribution < -0.4 is 10.1 Å². The number of hydrogen-bond donors (Lipinski definition) is 2. The lowest BCUT2D eigenvalue weighted by Crippen LogP contribution is -2.42. The standard InChI is InChI=1S/C35H38N2O4/c1-35(2,3)26-14-17-27(18-15-26)41-28-16-13-25-21-31(36-30(29(25)22-28)19-23-11-7-8-12-23)33(38)37-32(34(39)40)20-24-9-5-4-6-10-24/h4-6,9-10,13-18,21-23,32H,7-8,11-12,19-20H2,1-3H3,(H,37,38)(H,39,40)/t32-/m1/s1. The number of carboxylic acid groups (broad SMARTS) is 1. The number of rotatable bonds is 9. The summed E-state index contributed by atoms with van der Waals surface area (Å²) < 4.78 is 6.22. The first-order valence-corrected chi connectivity index (χ1v) is 14.5. The number of amides is 1. The van der Waals surface area contributed by atoms with Crippen molar-refractivity contribution < 1.29 is 19.4 Å². The molecule has 6 heteroatoms. The van der Waals surface area contributed by atoms with Crippen LogP contribution in [0, 0.1) is 5.92 Å². The van der Waals surface area contributed by atoms with E-state index in [1.165, 1.54) is 18.4 Å². The molecule has 1 aliphatic rings. The number of aliphatic carboxylic acids is 1. The predicted octanol–water partition coefficient (Wildman–Crippen LogP) is 7.48. The van der Waals surface area contributed by atoms with Crippen molar-refractivity contribution in [3.63, 3.8) is 0 Å². The van der Waals surface area contributed by atoms with E-state index in [1.54, 1.807) is 6.07 Å². The molecule has 1 heterocycles. The number of carbonyl (C=O) groups is 2. The number of ether oxygens (including phenoxy) is 1. The summed E-state index contributed by atoms with van der Waals surface area (Å²) in [5, 5.41) is 14.3. The number of fused-ring (bicyclic) bond motifs is 1. The Kier molecular flexibility index (Phi) is 8.39. The van der Waals surface area contributed by atoms with Gasteiger partial charge in [-0.3, -0.25) is 4.79 Å². The minimum absolute atomic E-state index is 0.0678. The molecule has 0 bridgehead atoms. The molecule has 0 spiro atoms. The maximum Gasteiger partial charge on any atom is 0.326 e. The van der Waals surface area contributed by atoms with Gasteiger partial charge in [-0.15, -0.1) is 0 Å². The van der Waals surface area contributed by atoms with Crippen LogP contribution in [-0.4, -0.2) is 28.0 Å². The first-order valence-electron chi connectivity index (χ1n) is 14.5. The highest BCUT2D eigenvalue weighted by Gasteiger charge is 2.24. The molecular weight excluding hydrogens is 512 g/mol. The normalized spacial score (nSPS) is 14.6. The molecule has 1 amide bonds. The zero-order valence-electron chi connectivity index (χ0n) is 24.0. The summed E-state index contributed by atoms with van der Waals surface area (Å²) in [6.07, 6.45) is 5.68. The van der Waals surface area contributed by atoms with Crippen molar-refractivity contribution in [3.05, 3.63) is 101 Å². The number of nitrogens with one attached hydrogen (secondary N) is 1. The fraction of sp³-hybridized carbons (Fsp3) is 0.343. The molecule has 0 aliphatic heterocycles. The lowest BCUT2D eigenvalue weighted by Gasteiger charge is -2.19. The summed E-state index contributed by atoms with van der Waals surface area (Å²) in [6, 6.07) is 24.0. The van der Waals surface area contributed by atoms with Crippen LogP contribution in [0.1, 0.15) is 73.8 Å². The van der Waals surface area contributed by atoms with E-state index in [9.17, 15) is 14.7 Å². The largest absolute Gasteiger partial charge is 0.480 e. The van der Waals surface area contributed by atoms with Gasteiger partial charge < -0.3 is 15.2 Å². The van der Waals surface area contributed by atoms with E-state index in [-0.39, 0.29) is 17.5 Å². The highest BCUT2D eigenvalue weighted by atomic mass is 16.5. The molecule has 41 heavy (non-hydrogen) atoms. The van der Waals surface area contributed by atoms with E-state index >= 15 is 0 Å². The van der Waals surface area contributed by atoms with E-state index in [0.29, 0.717) is 11.7 Å². The van der Waals surface area contributed by atoms with Gasteiger partial charge in [-0.05, 0) is 64.6 Å². The fourth-order valence-electron chi connectivity index (χ4n) is 5.56. The number of nitrogens with zero attached hydrogens (tertiary/aromatic N) is 1. The van der Waals surface area contributed by atoms with E-state index in [2.05, 4.69) is 38.2 Å². The summed E-state index contributed by atoms with van der Waals surface area (Å²) in [5.74, 6) is 0.426. The summed E-state index contributed by atoms with van der Waals surface area (Å²) in [4.78, 5) is 30.1. The van der Waals surface area contributed by atoms with Crippen molar-refractivity contribution in [2.75, 3.05) is 0 Å². The quantitative estimate of drug-likeness (QED) is 0.225. The van der Waals surface area contributed by atoms with Crippen LogP contribution in [0.2, 0.25) is 0 Å².